The Hall–Kier alpha value is -1.32. The molecule has 2 N–H and O–H groups in total. The Balaban J connectivity index is 3.64. The van der Waals surface area contributed by atoms with E-state index in [0.717, 1.165) is 19.3 Å². The lowest BCUT2D eigenvalue weighted by Gasteiger charge is -2.10. The monoisotopic (exact) mass is 240 g/mol. The molecule has 0 aromatic carbocycles. The molecule has 0 heterocycles. The Labute approximate surface area is 104 Å². The first-order valence-corrected chi connectivity index (χ1v) is 6.10. The minimum absolute atomic E-state index is 0.551. The van der Waals surface area contributed by atoms with Crippen LogP contribution in [0.25, 0.3) is 0 Å². The molecule has 0 bridgehead atoms. The van der Waals surface area contributed by atoms with Crippen LogP contribution in [0, 0.1) is 5.92 Å². The third kappa shape index (κ3) is 8.48. The normalized spacial score (nSPS) is 11.5. The molecule has 0 aromatic rings. The summed E-state index contributed by atoms with van der Waals surface area (Å²) >= 11 is 0. The van der Waals surface area contributed by atoms with Crippen LogP contribution in [0.3, 0.4) is 0 Å². The molecule has 2 amide bonds. The highest BCUT2D eigenvalue weighted by Crippen LogP contribution is 2.10. The summed E-state index contributed by atoms with van der Waals surface area (Å²) in [5.41, 5.74) is 1.34. The van der Waals surface area contributed by atoms with Crippen LogP contribution in [-0.2, 0) is 9.59 Å². The van der Waals surface area contributed by atoms with Crippen LogP contribution in [0.1, 0.15) is 40.0 Å². The van der Waals surface area contributed by atoms with Gasteiger partial charge in [0.05, 0.1) is 0 Å². The molecule has 0 aliphatic carbocycles. The molecular formula is C13H24N2O2. The Bertz CT molecular complexity index is 281. The number of amides is 2. The summed E-state index contributed by atoms with van der Waals surface area (Å²) in [6.07, 6.45) is 5.31. The second kappa shape index (κ2) is 8.79. The number of nitrogens with one attached hydrogen (secondary N) is 2. The summed E-state index contributed by atoms with van der Waals surface area (Å²) in [5.74, 6) is -0.582. The van der Waals surface area contributed by atoms with E-state index in [1.165, 1.54) is 12.6 Å². The van der Waals surface area contributed by atoms with E-state index in [2.05, 4.69) is 37.5 Å². The van der Waals surface area contributed by atoms with Crippen molar-refractivity contribution in [1.29, 1.82) is 0 Å². The highest BCUT2D eigenvalue weighted by atomic mass is 16.2. The zero-order valence-corrected chi connectivity index (χ0v) is 11.3. The van der Waals surface area contributed by atoms with Crippen molar-refractivity contribution in [1.82, 2.24) is 10.6 Å². The fraction of sp³-hybridized carbons (Fsp3) is 0.692. The van der Waals surface area contributed by atoms with Gasteiger partial charge in [-0.25, -0.2) is 0 Å². The zero-order chi connectivity index (χ0) is 13.3. The molecule has 17 heavy (non-hydrogen) atoms. The fourth-order valence-corrected chi connectivity index (χ4v) is 1.43. The Morgan fingerprint density at radius 3 is 2.35 bits per heavy atom. The van der Waals surface area contributed by atoms with E-state index in [0.29, 0.717) is 12.5 Å². The van der Waals surface area contributed by atoms with E-state index in [4.69, 9.17) is 0 Å². The lowest BCUT2D eigenvalue weighted by molar-refractivity contribution is -0.138. The van der Waals surface area contributed by atoms with Crippen LogP contribution in [-0.4, -0.2) is 25.4 Å². The summed E-state index contributed by atoms with van der Waals surface area (Å²) in [6.45, 7) is 6.90. The van der Waals surface area contributed by atoms with E-state index in [9.17, 15) is 9.59 Å². The van der Waals surface area contributed by atoms with Crippen molar-refractivity contribution in [3.8, 4) is 0 Å². The molecule has 0 aromatic heterocycles. The van der Waals surface area contributed by atoms with E-state index >= 15 is 0 Å². The van der Waals surface area contributed by atoms with Gasteiger partial charge in [-0.3, -0.25) is 9.59 Å². The third-order valence-electron chi connectivity index (χ3n) is 2.57. The first-order valence-electron chi connectivity index (χ1n) is 6.10. The number of rotatable bonds is 6. The van der Waals surface area contributed by atoms with Gasteiger partial charge >= 0.3 is 11.8 Å². The van der Waals surface area contributed by atoms with Crippen molar-refractivity contribution in [2.45, 2.75) is 40.0 Å². The topological polar surface area (TPSA) is 58.2 Å². The van der Waals surface area contributed by atoms with Crippen molar-refractivity contribution in [2.24, 2.45) is 5.92 Å². The van der Waals surface area contributed by atoms with Gasteiger partial charge in [-0.1, -0.05) is 18.6 Å². The highest BCUT2D eigenvalue weighted by molar-refractivity contribution is 6.34. The van der Waals surface area contributed by atoms with E-state index in [1.807, 2.05) is 0 Å². The van der Waals surface area contributed by atoms with Crippen molar-refractivity contribution in [3.05, 3.63) is 11.6 Å². The predicted molar refractivity (Wildman–Crippen MR) is 69.5 cm³/mol. The quantitative estimate of drug-likeness (QED) is 0.547. The Morgan fingerprint density at radius 1 is 1.18 bits per heavy atom. The maximum Gasteiger partial charge on any atom is 0.309 e. The van der Waals surface area contributed by atoms with Crippen molar-refractivity contribution in [3.63, 3.8) is 0 Å². The average molecular weight is 240 g/mol. The lowest BCUT2D eigenvalue weighted by Crippen LogP contribution is -2.38. The molecule has 0 radical (unpaired) electrons. The number of hydrogen-bond acceptors (Lipinski definition) is 2. The van der Waals surface area contributed by atoms with Gasteiger partial charge in [0.15, 0.2) is 0 Å². The number of likely N-dealkylation sites (N-methyl/N-ethyl adjacent to an activating group) is 1. The third-order valence-corrected chi connectivity index (χ3v) is 2.57. The summed E-state index contributed by atoms with van der Waals surface area (Å²) in [5, 5.41) is 4.89. The van der Waals surface area contributed by atoms with Gasteiger partial charge in [-0.15, -0.1) is 0 Å². The molecule has 4 nitrogen and oxygen atoms in total. The molecule has 98 valence electrons. The molecule has 0 fully saturated rings. The maximum atomic E-state index is 11.1. The van der Waals surface area contributed by atoms with Crippen LogP contribution < -0.4 is 10.6 Å². The zero-order valence-electron chi connectivity index (χ0n) is 11.3. The van der Waals surface area contributed by atoms with Crippen molar-refractivity contribution in [2.75, 3.05) is 13.6 Å². The minimum Gasteiger partial charge on any atom is -0.351 e. The molecule has 0 saturated carbocycles. The number of allylic oxidation sites excluding steroid dienone is 2. The molecule has 4 heteroatoms. The predicted octanol–water partition coefficient (Wildman–Crippen LogP) is 1.62. The van der Waals surface area contributed by atoms with Gasteiger partial charge in [0.1, 0.15) is 0 Å². The molecular weight excluding hydrogens is 216 g/mol. The van der Waals surface area contributed by atoms with Gasteiger partial charge in [0.2, 0.25) is 0 Å². The standard InChI is InChI=1S/C13H24N2O2/c1-10(2)6-5-7-11(3)8-9-15-13(17)12(16)14-4/h6,11H,5,7-9H2,1-4H3,(H,14,16)(H,15,17). The Morgan fingerprint density at radius 2 is 1.82 bits per heavy atom. The number of carbonyl (C=O) groups is 2. The molecule has 0 rings (SSSR count). The molecule has 0 aliphatic rings. The van der Waals surface area contributed by atoms with E-state index in [-0.39, 0.29) is 0 Å². The molecule has 0 aliphatic heterocycles. The second-order valence-corrected chi connectivity index (χ2v) is 4.59. The second-order valence-electron chi connectivity index (χ2n) is 4.59. The maximum absolute atomic E-state index is 11.1. The van der Waals surface area contributed by atoms with Gasteiger partial charge in [-0.2, -0.15) is 0 Å². The highest BCUT2D eigenvalue weighted by Gasteiger charge is 2.10. The van der Waals surface area contributed by atoms with Crippen LogP contribution in [0.4, 0.5) is 0 Å². The van der Waals surface area contributed by atoms with Crippen molar-refractivity contribution >= 4 is 11.8 Å². The molecule has 0 saturated heterocycles. The van der Waals surface area contributed by atoms with Crippen LogP contribution >= 0.6 is 0 Å². The van der Waals surface area contributed by atoms with Gasteiger partial charge in [0.25, 0.3) is 0 Å². The first-order chi connectivity index (χ1) is 7.97. The van der Waals surface area contributed by atoms with E-state index < -0.39 is 11.8 Å². The van der Waals surface area contributed by atoms with Crippen LogP contribution in [0.15, 0.2) is 11.6 Å². The van der Waals surface area contributed by atoms with Crippen LogP contribution in [0.2, 0.25) is 0 Å². The van der Waals surface area contributed by atoms with Gasteiger partial charge in [0, 0.05) is 13.6 Å². The van der Waals surface area contributed by atoms with Gasteiger partial charge < -0.3 is 10.6 Å². The average Bonchev–Trinajstić information content (AvgIpc) is 2.27. The summed E-state index contributed by atoms with van der Waals surface area (Å²) < 4.78 is 0. The van der Waals surface area contributed by atoms with E-state index in [1.54, 1.807) is 0 Å². The summed E-state index contributed by atoms with van der Waals surface area (Å²) in [7, 11) is 1.45. The number of carbonyl (C=O) groups excluding carboxylic acids is 2. The summed E-state index contributed by atoms with van der Waals surface area (Å²) in [4.78, 5) is 22.0. The summed E-state index contributed by atoms with van der Waals surface area (Å²) in [6, 6.07) is 0. The number of hydrogen-bond donors (Lipinski definition) is 2. The molecule has 0 spiro atoms. The molecule has 1 unspecified atom stereocenters. The van der Waals surface area contributed by atoms with Gasteiger partial charge in [-0.05, 0) is 39.0 Å². The lowest BCUT2D eigenvalue weighted by atomic mass is 10.0. The Kier molecular flexibility index (Phi) is 8.11. The van der Waals surface area contributed by atoms with Crippen molar-refractivity contribution < 1.29 is 9.59 Å². The largest absolute Gasteiger partial charge is 0.351 e. The molecule has 1 atom stereocenters. The van der Waals surface area contributed by atoms with Crippen LogP contribution in [0.5, 0.6) is 0 Å². The smallest absolute Gasteiger partial charge is 0.309 e. The SMILES string of the molecule is CNC(=O)C(=O)NCCC(C)CCC=C(C)C. The minimum atomic E-state index is -0.581. The first kappa shape index (κ1) is 15.7. The fourth-order valence-electron chi connectivity index (χ4n) is 1.43.